The van der Waals surface area contributed by atoms with Crippen molar-refractivity contribution in [1.82, 2.24) is 4.57 Å². The third-order valence-electron chi connectivity index (χ3n) is 15.6. The highest BCUT2D eigenvalue weighted by molar-refractivity contribution is 6.12. The SMILES string of the molecule is Cc1ccc2c(c1)C1CC([C@H]1C)N2c1c(C2CCCCC2)c(-c2cccc(C#N)c2)c(-n2c3ccc(C)cc3c3cc(C)ccc32)c(-c2cccc(C#N)c2)c1C1CCCCC1. The molecule has 62 heavy (non-hydrogen) atoms. The van der Waals surface area contributed by atoms with Crippen LogP contribution in [0.5, 0.6) is 0 Å². The van der Waals surface area contributed by atoms with Gasteiger partial charge in [0.15, 0.2) is 0 Å². The summed E-state index contributed by atoms with van der Waals surface area (Å²) in [6.45, 7) is 9.17. The molecule has 7 aromatic rings. The van der Waals surface area contributed by atoms with E-state index in [0.29, 0.717) is 40.8 Å². The van der Waals surface area contributed by atoms with Gasteiger partial charge in [-0.3, -0.25) is 0 Å². The summed E-state index contributed by atoms with van der Waals surface area (Å²) in [4.78, 5) is 2.88. The van der Waals surface area contributed by atoms with Crippen LogP contribution in [0.4, 0.5) is 11.4 Å². The van der Waals surface area contributed by atoms with Gasteiger partial charge in [0.25, 0.3) is 0 Å². The fraction of sp³-hybridized carbons (Fsp3) is 0.345. The van der Waals surface area contributed by atoms with E-state index in [1.807, 2.05) is 12.1 Å². The largest absolute Gasteiger partial charge is 0.337 e. The van der Waals surface area contributed by atoms with Crippen molar-refractivity contribution >= 4 is 33.2 Å². The second kappa shape index (κ2) is 15.4. The van der Waals surface area contributed by atoms with Gasteiger partial charge in [-0.25, -0.2) is 0 Å². The molecule has 0 spiro atoms. The lowest BCUT2D eigenvalue weighted by atomic mass is 9.61. The Kier molecular flexibility index (Phi) is 9.61. The van der Waals surface area contributed by atoms with E-state index in [1.165, 1.54) is 122 Å². The molecule has 2 bridgehead atoms. The Hall–Kier alpha value is -6.10. The standard InChI is InChI=1S/C58H56N4/c1-35-21-24-49-46(27-35)45-32-52(38(45)4)62(49)57-53(41-15-7-5-8-16-41)55(43-19-11-13-39(30-43)33-59)58(61-50-25-22-36(2)28-47(50)48-29-37(3)23-26-51(48)61)56(44-20-12-14-40(31-44)34-60)54(57)42-17-9-6-10-18-42/h11-14,19-31,38,41-42,45,52H,5-10,15-18,32H2,1-4H3/t38-,45?,52?/m0/s1. The van der Waals surface area contributed by atoms with E-state index in [-0.39, 0.29) is 0 Å². The van der Waals surface area contributed by atoms with Crippen LogP contribution < -0.4 is 4.90 Å². The number of nitrogens with zero attached hydrogens (tertiary/aromatic N) is 4. The smallest absolute Gasteiger partial charge is 0.0991 e. The third-order valence-corrected chi connectivity index (χ3v) is 15.6. The summed E-state index contributed by atoms with van der Waals surface area (Å²) in [7, 11) is 0. The van der Waals surface area contributed by atoms with Gasteiger partial charge in [0.2, 0.25) is 0 Å². The molecule has 4 heteroatoms. The first kappa shape index (κ1) is 38.8. The Bertz CT molecular complexity index is 2850. The first-order valence-electron chi connectivity index (χ1n) is 23.5. The molecule has 308 valence electrons. The summed E-state index contributed by atoms with van der Waals surface area (Å²) >= 11 is 0. The van der Waals surface area contributed by atoms with Gasteiger partial charge < -0.3 is 9.47 Å². The molecule has 3 saturated carbocycles. The molecule has 2 aliphatic heterocycles. The number of aromatic nitrogens is 1. The molecule has 3 fully saturated rings. The number of hydrogen-bond acceptors (Lipinski definition) is 3. The molecule has 0 radical (unpaired) electrons. The molecular formula is C58H56N4. The number of hydrogen-bond donors (Lipinski definition) is 0. The van der Waals surface area contributed by atoms with Crippen LogP contribution in [0.2, 0.25) is 0 Å². The summed E-state index contributed by atoms with van der Waals surface area (Å²) in [6, 6.07) is 43.8. The maximum atomic E-state index is 10.6. The maximum Gasteiger partial charge on any atom is 0.0991 e. The normalized spacial score (nSPS) is 20.2. The van der Waals surface area contributed by atoms with E-state index in [1.54, 1.807) is 0 Å². The van der Waals surface area contributed by atoms with Gasteiger partial charge in [-0.15, -0.1) is 0 Å². The number of nitriles is 2. The molecule has 0 N–H and O–H groups in total. The van der Waals surface area contributed by atoms with Crippen LogP contribution >= 0.6 is 0 Å². The Balaban J connectivity index is 1.42. The molecule has 6 aromatic carbocycles. The second-order valence-electron chi connectivity index (χ2n) is 19.4. The zero-order valence-corrected chi connectivity index (χ0v) is 36.8. The molecule has 1 aromatic heterocycles. The van der Waals surface area contributed by atoms with E-state index < -0.39 is 0 Å². The van der Waals surface area contributed by atoms with Crippen molar-refractivity contribution in [3.05, 3.63) is 148 Å². The lowest BCUT2D eigenvalue weighted by Gasteiger charge is -2.57. The van der Waals surface area contributed by atoms with Crippen LogP contribution in [0, 0.1) is 49.4 Å². The average Bonchev–Trinajstić information content (AvgIpc) is 3.62. The van der Waals surface area contributed by atoms with Crippen molar-refractivity contribution in [2.45, 2.75) is 122 Å². The van der Waals surface area contributed by atoms with Crippen LogP contribution in [0.25, 0.3) is 49.7 Å². The van der Waals surface area contributed by atoms with Crippen molar-refractivity contribution in [2.75, 3.05) is 4.90 Å². The summed E-state index contributed by atoms with van der Waals surface area (Å²) in [6.07, 6.45) is 13.2. The second-order valence-corrected chi connectivity index (χ2v) is 19.4. The van der Waals surface area contributed by atoms with E-state index in [2.05, 4.69) is 140 Å². The van der Waals surface area contributed by atoms with Gasteiger partial charge >= 0.3 is 0 Å². The predicted octanol–water partition coefficient (Wildman–Crippen LogP) is 15.5. The fourth-order valence-electron chi connectivity index (χ4n) is 12.6. The Morgan fingerprint density at radius 2 is 1.05 bits per heavy atom. The summed E-state index contributed by atoms with van der Waals surface area (Å²) in [5.74, 6) is 1.80. The van der Waals surface area contributed by atoms with Crippen LogP contribution in [0.1, 0.15) is 140 Å². The Morgan fingerprint density at radius 1 is 0.548 bits per heavy atom. The van der Waals surface area contributed by atoms with Gasteiger partial charge in [0.05, 0.1) is 40.0 Å². The topological polar surface area (TPSA) is 55.8 Å². The van der Waals surface area contributed by atoms with Gasteiger partial charge in [0, 0.05) is 39.3 Å². The number of aryl methyl sites for hydroxylation is 3. The molecule has 12 rings (SSSR count). The first-order chi connectivity index (χ1) is 30.3. The lowest BCUT2D eigenvalue weighted by molar-refractivity contribution is 0.208. The highest BCUT2D eigenvalue weighted by Gasteiger charge is 2.51. The van der Waals surface area contributed by atoms with Gasteiger partial charge in [-0.2, -0.15) is 10.5 Å². The van der Waals surface area contributed by atoms with Crippen molar-refractivity contribution in [3.8, 4) is 40.1 Å². The number of fused-ring (bicyclic) bond motifs is 3. The molecule has 5 aliphatic rings. The molecule has 3 atom stereocenters. The third kappa shape index (κ3) is 6.13. The van der Waals surface area contributed by atoms with Crippen LogP contribution in [0.3, 0.4) is 0 Å². The highest BCUT2D eigenvalue weighted by atomic mass is 15.2. The quantitative estimate of drug-likeness (QED) is 0.168. The lowest BCUT2D eigenvalue weighted by Crippen LogP contribution is -2.53. The van der Waals surface area contributed by atoms with E-state index in [9.17, 15) is 10.5 Å². The predicted molar refractivity (Wildman–Crippen MR) is 256 cm³/mol. The summed E-state index contributed by atoms with van der Waals surface area (Å²) in [5, 5.41) is 23.7. The minimum absolute atomic E-state index is 0.347. The fourth-order valence-corrected chi connectivity index (χ4v) is 12.6. The van der Waals surface area contributed by atoms with E-state index in [0.717, 1.165) is 43.2 Å². The monoisotopic (exact) mass is 808 g/mol. The molecule has 0 amide bonds. The number of benzene rings is 6. The Labute approximate surface area is 367 Å². The van der Waals surface area contributed by atoms with Gasteiger partial charge in [-0.05, 0) is 159 Å². The zero-order valence-electron chi connectivity index (χ0n) is 36.8. The highest BCUT2D eigenvalue weighted by Crippen LogP contribution is 2.63. The minimum atomic E-state index is 0.347. The van der Waals surface area contributed by atoms with Crippen LogP contribution in [-0.2, 0) is 0 Å². The summed E-state index contributed by atoms with van der Waals surface area (Å²) in [5.41, 5.74) is 20.8. The maximum absolute atomic E-state index is 10.6. The number of rotatable bonds is 6. The van der Waals surface area contributed by atoms with Crippen molar-refractivity contribution in [1.29, 1.82) is 10.5 Å². The molecule has 0 saturated heterocycles. The van der Waals surface area contributed by atoms with Crippen molar-refractivity contribution < 1.29 is 0 Å². The zero-order chi connectivity index (χ0) is 42.2. The average molecular weight is 809 g/mol. The first-order valence-corrected chi connectivity index (χ1v) is 23.5. The minimum Gasteiger partial charge on any atom is -0.337 e. The molecule has 3 aliphatic carbocycles. The van der Waals surface area contributed by atoms with Crippen molar-refractivity contribution in [3.63, 3.8) is 0 Å². The molecule has 4 nitrogen and oxygen atoms in total. The van der Waals surface area contributed by atoms with E-state index >= 15 is 0 Å². The van der Waals surface area contributed by atoms with Crippen molar-refractivity contribution in [2.24, 2.45) is 5.92 Å². The van der Waals surface area contributed by atoms with Gasteiger partial charge in [-0.1, -0.05) is 111 Å². The Morgan fingerprint density at radius 3 is 1.55 bits per heavy atom. The van der Waals surface area contributed by atoms with Crippen LogP contribution in [-0.4, -0.2) is 10.6 Å². The van der Waals surface area contributed by atoms with Gasteiger partial charge in [0.1, 0.15) is 0 Å². The molecule has 2 unspecified atom stereocenters. The van der Waals surface area contributed by atoms with Crippen LogP contribution in [0.15, 0.2) is 103 Å². The van der Waals surface area contributed by atoms with E-state index in [4.69, 9.17) is 0 Å². The molecular weight excluding hydrogens is 753 g/mol. The number of anilines is 2. The summed E-state index contributed by atoms with van der Waals surface area (Å²) < 4.78 is 2.62. The molecule has 3 heterocycles.